The lowest BCUT2D eigenvalue weighted by atomic mass is 9.96. The molecule has 2 heteroatoms. The molecule has 3 N–H and O–H groups in total. The fourth-order valence-corrected chi connectivity index (χ4v) is 1.66. The lowest BCUT2D eigenvalue weighted by Crippen LogP contribution is -2.16. The average Bonchev–Trinajstić information content (AvgIpc) is 2.62. The Kier molecular flexibility index (Phi) is 2.30. The van der Waals surface area contributed by atoms with Gasteiger partial charge in [-0.3, -0.25) is 0 Å². The third kappa shape index (κ3) is 1.53. The fraction of sp³-hybridized carbons (Fsp3) is 0.333. The van der Waals surface area contributed by atoms with E-state index < -0.39 is 0 Å². The van der Waals surface area contributed by atoms with Gasteiger partial charge in [0.15, 0.2) is 0 Å². The molecule has 1 aromatic heterocycles. The number of hydrogen-bond acceptors (Lipinski definition) is 1. The van der Waals surface area contributed by atoms with Crippen molar-refractivity contribution in [2.24, 2.45) is 11.7 Å². The van der Waals surface area contributed by atoms with E-state index in [1.807, 2.05) is 6.20 Å². The molecule has 1 aromatic carbocycles. The molecule has 2 rings (SSSR count). The molecule has 74 valence electrons. The number of H-pyrrole nitrogens is 1. The first-order valence-electron chi connectivity index (χ1n) is 5.01. The van der Waals surface area contributed by atoms with Crippen molar-refractivity contribution in [3.8, 4) is 0 Å². The van der Waals surface area contributed by atoms with Crippen LogP contribution in [0.15, 0.2) is 30.5 Å². The summed E-state index contributed by atoms with van der Waals surface area (Å²) in [5.74, 6) is 0.478. The predicted octanol–water partition coefficient (Wildman–Crippen LogP) is 2.82. The third-order valence-electron chi connectivity index (χ3n) is 2.68. The molecule has 0 saturated heterocycles. The Bertz CT molecular complexity index is 429. The molecule has 0 fully saturated rings. The van der Waals surface area contributed by atoms with Crippen LogP contribution in [0.3, 0.4) is 0 Å². The molecular weight excluding hydrogens is 172 g/mol. The van der Waals surface area contributed by atoms with Gasteiger partial charge in [0.05, 0.1) is 0 Å². The number of benzene rings is 1. The molecule has 0 aliphatic heterocycles. The molecule has 0 aliphatic carbocycles. The summed E-state index contributed by atoms with van der Waals surface area (Å²) in [4.78, 5) is 3.17. The molecule has 2 aromatic rings. The molecule has 0 spiro atoms. The number of fused-ring (bicyclic) bond motifs is 1. The normalized spacial score (nSPS) is 13.7. The first-order valence-corrected chi connectivity index (χ1v) is 5.01. The van der Waals surface area contributed by atoms with Crippen LogP contribution in [-0.2, 0) is 0 Å². The number of nitrogens with one attached hydrogen (secondary N) is 1. The Labute approximate surface area is 84.1 Å². The molecule has 0 radical (unpaired) electrons. The van der Waals surface area contributed by atoms with E-state index in [-0.39, 0.29) is 6.04 Å². The van der Waals surface area contributed by atoms with Crippen LogP contribution in [0.1, 0.15) is 25.5 Å². The van der Waals surface area contributed by atoms with E-state index >= 15 is 0 Å². The van der Waals surface area contributed by atoms with E-state index in [4.69, 9.17) is 5.73 Å². The molecule has 0 unspecified atom stereocenters. The first-order chi connectivity index (χ1) is 6.68. The van der Waals surface area contributed by atoms with Crippen molar-refractivity contribution in [2.75, 3.05) is 0 Å². The summed E-state index contributed by atoms with van der Waals surface area (Å²) in [5, 5.41) is 1.23. The molecular formula is C12H16N2. The Hall–Kier alpha value is -1.28. The zero-order chi connectivity index (χ0) is 10.1. The van der Waals surface area contributed by atoms with Gasteiger partial charge >= 0.3 is 0 Å². The largest absolute Gasteiger partial charge is 0.361 e. The van der Waals surface area contributed by atoms with Crippen molar-refractivity contribution in [2.45, 2.75) is 19.9 Å². The van der Waals surface area contributed by atoms with Crippen molar-refractivity contribution >= 4 is 10.9 Å². The standard InChI is InChI=1S/C12H16N2/c1-8(2)12(13)10-3-4-11-9(7-10)5-6-14-11/h3-8,12,14H,13H2,1-2H3/t12-/m0/s1. The highest BCUT2D eigenvalue weighted by Gasteiger charge is 2.10. The first kappa shape index (κ1) is 9.28. The summed E-state index contributed by atoms with van der Waals surface area (Å²) in [5.41, 5.74) is 8.47. The molecule has 0 bridgehead atoms. The molecule has 0 saturated carbocycles. The van der Waals surface area contributed by atoms with Gasteiger partial charge in [-0.2, -0.15) is 0 Å². The van der Waals surface area contributed by atoms with Crippen molar-refractivity contribution < 1.29 is 0 Å². The van der Waals surface area contributed by atoms with Crippen LogP contribution >= 0.6 is 0 Å². The fourth-order valence-electron chi connectivity index (χ4n) is 1.66. The minimum atomic E-state index is 0.134. The second-order valence-corrected chi connectivity index (χ2v) is 4.09. The maximum atomic E-state index is 6.09. The number of hydrogen-bond donors (Lipinski definition) is 2. The van der Waals surface area contributed by atoms with E-state index in [1.54, 1.807) is 0 Å². The molecule has 1 atom stereocenters. The maximum absolute atomic E-state index is 6.09. The summed E-state index contributed by atoms with van der Waals surface area (Å²) in [6.45, 7) is 4.29. The minimum absolute atomic E-state index is 0.134. The SMILES string of the molecule is CC(C)[C@H](N)c1ccc2[nH]ccc2c1. The van der Waals surface area contributed by atoms with Gasteiger partial charge in [-0.1, -0.05) is 19.9 Å². The molecule has 1 heterocycles. The van der Waals surface area contributed by atoms with Gasteiger partial charge in [-0.25, -0.2) is 0 Å². The lowest BCUT2D eigenvalue weighted by molar-refractivity contribution is 0.515. The van der Waals surface area contributed by atoms with Crippen molar-refractivity contribution in [1.82, 2.24) is 4.98 Å². The number of rotatable bonds is 2. The summed E-state index contributed by atoms with van der Waals surface area (Å²) in [6.07, 6.45) is 1.95. The van der Waals surface area contributed by atoms with Crippen molar-refractivity contribution in [1.29, 1.82) is 0 Å². The van der Waals surface area contributed by atoms with E-state index in [9.17, 15) is 0 Å². The third-order valence-corrected chi connectivity index (χ3v) is 2.68. The van der Waals surface area contributed by atoms with Crippen LogP contribution in [-0.4, -0.2) is 4.98 Å². The van der Waals surface area contributed by atoms with E-state index in [0.717, 1.165) is 0 Å². The molecule has 0 amide bonds. The van der Waals surface area contributed by atoms with Gasteiger partial charge in [0.2, 0.25) is 0 Å². The topological polar surface area (TPSA) is 41.8 Å². The Balaban J connectivity index is 2.43. The zero-order valence-electron chi connectivity index (χ0n) is 8.62. The second-order valence-electron chi connectivity index (χ2n) is 4.09. The van der Waals surface area contributed by atoms with Crippen LogP contribution in [0.25, 0.3) is 10.9 Å². The lowest BCUT2D eigenvalue weighted by Gasteiger charge is -2.15. The monoisotopic (exact) mass is 188 g/mol. The average molecular weight is 188 g/mol. The van der Waals surface area contributed by atoms with Gasteiger partial charge in [0.1, 0.15) is 0 Å². The summed E-state index contributed by atoms with van der Waals surface area (Å²) < 4.78 is 0. The van der Waals surface area contributed by atoms with Gasteiger partial charge in [-0.15, -0.1) is 0 Å². The number of aromatic amines is 1. The smallest absolute Gasteiger partial charge is 0.0454 e. The van der Waals surface area contributed by atoms with Crippen molar-refractivity contribution in [3.63, 3.8) is 0 Å². The van der Waals surface area contributed by atoms with Crippen LogP contribution in [0.5, 0.6) is 0 Å². The van der Waals surface area contributed by atoms with Crippen LogP contribution < -0.4 is 5.73 Å². The Morgan fingerprint density at radius 2 is 2.00 bits per heavy atom. The number of aromatic nitrogens is 1. The van der Waals surface area contributed by atoms with E-state index in [2.05, 4.69) is 43.1 Å². The molecule has 14 heavy (non-hydrogen) atoms. The van der Waals surface area contributed by atoms with Crippen molar-refractivity contribution in [3.05, 3.63) is 36.0 Å². The highest BCUT2D eigenvalue weighted by Crippen LogP contribution is 2.22. The summed E-state index contributed by atoms with van der Waals surface area (Å²) in [6, 6.07) is 8.56. The highest BCUT2D eigenvalue weighted by molar-refractivity contribution is 5.80. The Morgan fingerprint density at radius 1 is 1.21 bits per heavy atom. The van der Waals surface area contributed by atoms with Crippen LogP contribution in [0.2, 0.25) is 0 Å². The Morgan fingerprint density at radius 3 is 2.71 bits per heavy atom. The van der Waals surface area contributed by atoms with Crippen LogP contribution in [0.4, 0.5) is 0 Å². The zero-order valence-corrected chi connectivity index (χ0v) is 8.62. The maximum Gasteiger partial charge on any atom is 0.0454 e. The van der Waals surface area contributed by atoms with Gasteiger partial charge in [0, 0.05) is 17.8 Å². The van der Waals surface area contributed by atoms with Gasteiger partial charge in [-0.05, 0) is 35.1 Å². The quantitative estimate of drug-likeness (QED) is 0.747. The second kappa shape index (κ2) is 3.46. The summed E-state index contributed by atoms with van der Waals surface area (Å²) in [7, 11) is 0. The van der Waals surface area contributed by atoms with Gasteiger partial charge in [0.25, 0.3) is 0 Å². The minimum Gasteiger partial charge on any atom is -0.361 e. The van der Waals surface area contributed by atoms with Gasteiger partial charge < -0.3 is 10.7 Å². The van der Waals surface area contributed by atoms with E-state index in [0.29, 0.717) is 5.92 Å². The molecule has 2 nitrogen and oxygen atoms in total. The number of nitrogens with two attached hydrogens (primary N) is 1. The predicted molar refractivity (Wildman–Crippen MR) is 60.1 cm³/mol. The summed E-state index contributed by atoms with van der Waals surface area (Å²) >= 11 is 0. The van der Waals surface area contributed by atoms with E-state index in [1.165, 1.54) is 16.5 Å². The molecule has 0 aliphatic rings. The highest BCUT2D eigenvalue weighted by atomic mass is 14.7. The van der Waals surface area contributed by atoms with Crippen LogP contribution in [0, 0.1) is 5.92 Å².